The Kier molecular flexibility index (Phi) is 6.10. The minimum absolute atomic E-state index is 0.0398. The second-order valence-corrected chi connectivity index (χ2v) is 11.8. The predicted molar refractivity (Wildman–Crippen MR) is 137 cm³/mol. The van der Waals surface area contributed by atoms with E-state index in [0.29, 0.717) is 18.4 Å². The zero-order valence-electron chi connectivity index (χ0n) is 21.3. The normalized spacial score (nSPS) is 20.2. The third-order valence-electron chi connectivity index (χ3n) is 8.36. The number of aliphatic hydroxyl groups excluding tert-OH is 1. The summed E-state index contributed by atoms with van der Waals surface area (Å²) in [5, 5.41) is 9.55. The average Bonchev–Trinajstić information content (AvgIpc) is 3.57. The number of aliphatic hydroxyl groups is 1. The van der Waals surface area contributed by atoms with Gasteiger partial charge in [-0.05, 0) is 83.2 Å². The molecule has 0 unspecified atom stereocenters. The van der Waals surface area contributed by atoms with Crippen LogP contribution < -0.4 is 0 Å². The van der Waals surface area contributed by atoms with E-state index < -0.39 is 0 Å². The molecule has 2 aromatic rings. The van der Waals surface area contributed by atoms with Crippen LogP contribution >= 0.6 is 0 Å². The smallest absolute Gasteiger partial charge is 0.162 e. The van der Waals surface area contributed by atoms with Gasteiger partial charge in [-0.15, -0.1) is 0 Å². The van der Waals surface area contributed by atoms with E-state index in [-0.39, 0.29) is 22.0 Å². The molecule has 0 aromatic heterocycles. The van der Waals surface area contributed by atoms with Gasteiger partial charge in [0.25, 0.3) is 0 Å². The molecule has 2 heteroatoms. The van der Waals surface area contributed by atoms with Crippen molar-refractivity contribution in [3.8, 4) is 0 Å². The van der Waals surface area contributed by atoms with Crippen molar-refractivity contribution in [2.24, 2.45) is 0 Å². The minimum Gasteiger partial charge on any atom is -0.515 e. The van der Waals surface area contributed by atoms with Crippen molar-refractivity contribution in [2.45, 2.75) is 103 Å². The van der Waals surface area contributed by atoms with Crippen molar-refractivity contribution < 1.29 is 9.90 Å². The number of allylic oxidation sites excluding steroid dienone is 1. The standard InChI is InChI=1S/C31H40O2/c1-7-8-28(33)23(20-32)18-22-9-11-24(12-10-22)31(15-16-31)25-19-27-26(17-21(25)2)29(3,4)13-14-30(27,5)6/h9-12,17,19-20,32H,7-8,13-16,18H2,1-6H3/b23-20+. The summed E-state index contributed by atoms with van der Waals surface area (Å²) in [6.45, 7) is 13.9. The monoisotopic (exact) mass is 444 g/mol. The average molecular weight is 445 g/mol. The van der Waals surface area contributed by atoms with Gasteiger partial charge < -0.3 is 5.11 Å². The highest BCUT2D eigenvalue weighted by atomic mass is 16.2. The zero-order chi connectivity index (χ0) is 24.0. The molecule has 0 radical (unpaired) electrons. The molecular weight excluding hydrogens is 404 g/mol. The molecule has 2 nitrogen and oxygen atoms in total. The van der Waals surface area contributed by atoms with Crippen LogP contribution in [0, 0.1) is 6.92 Å². The largest absolute Gasteiger partial charge is 0.515 e. The van der Waals surface area contributed by atoms with Gasteiger partial charge in [0.05, 0.1) is 6.26 Å². The van der Waals surface area contributed by atoms with Gasteiger partial charge >= 0.3 is 0 Å². The first-order valence-corrected chi connectivity index (χ1v) is 12.7. The molecule has 0 aliphatic heterocycles. The third-order valence-corrected chi connectivity index (χ3v) is 8.36. The van der Waals surface area contributed by atoms with Crippen molar-refractivity contribution in [1.82, 2.24) is 0 Å². The van der Waals surface area contributed by atoms with Crippen molar-refractivity contribution in [2.75, 3.05) is 0 Å². The number of aryl methyl sites for hydroxylation is 1. The lowest BCUT2D eigenvalue weighted by atomic mass is 9.62. The van der Waals surface area contributed by atoms with Crippen LogP contribution in [0.15, 0.2) is 48.2 Å². The second kappa shape index (κ2) is 8.46. The molecule has 0 bridgehead atoms. The Labute approximate surface area is 200 Å². The molecular formula is C31H40O2. The fraction of sp³-hybridized carbons (Fsp3) is 0.516. The lowest BCUT2D eigenvalue weighted by Gasteiger charge is -2.43. The van der Waals surface area contributed by atoms with Crippen LogP contribution in [-0.2, 0) is 27.5 Å². The fourth-order valence-corrected chi connectivity index (χ4v) is 5.84. The van der Waals surface area contributed by atoms with Crippen LogP contribution in [-0.4, -0.2) is 10.9 Å². The molecule has 2 aliphatic rings. The molecule has 2 aromatic carbocycles. The molecule has 0 amide bonds. The number of Topliss-reactive ketones (excluding diaryl/α,β-unsaturated/α-hetero) is 1. The second-order valence-electron chi connectivity index (χ2n) is 11.8. The molecule has 1 fully saturated rings. The maximum absolute atomic E-state index is 12.2. The summed E-state index contributed by atoms with van der Waals surface area (Å²) < 4.78 is 0. The van der Waals surface area contributed by atoms with E-state index in [1.54, 1.807) is 0 Å². The number of ketones is 1. The molecule has 0 spiro atoms. The Bertz CT molecular complexity index is 1080. The van der Waals surface area contributed by atoms with Crippen LogP contribution in [0.4, 0.5) is 0 Å². The summed E-state index contributed by atoms with van der Waals surface area (Å²) >= 11 is 0. The Balaban J connectivity index is 1.66. The molecule has 1 saturated carbocycles. The Morgan fingerprint density at radius 1 is 0.909 bits per heavy atom. The highest BCUT2D eigenvalue weighted by molar-refractivity contribution is 5.95. The van der Waals surface area contributed by atoms with Crippen LogP contribution in [0.1, 0.15) is 107 Å². The molecule has 33 heavy (non-hydrogen) atoms. The van der Waals surface area contributed by atoms with Crippen LogP contribution in [0.2, 0.25) is 0 Å². The van der Waals surface area contributed by atoms with Crippen molar-refractivity contribution in [1.29, 1.82) is 0 Å². The van der Waals surface area contributed by atoms with E-state index in [1.807, 2.05) is 6.92 Å². The van der Waals surface area contributed by atoms with Crippen molar-refractivity contribution in [3.63, 3.8) is 0 Å². The number of hydrogen-bond acceptors (Lipinski definition) is 2. The fourth-order valence-electron chi connectivity index (χ4n) is 5.84. The van der Waals surface area contributed by atoms with Crippen LogP contribution in [0.3, 0.4) is 0 Å². The first-order valence-electron chi connectivity index (χ1n) is 12.7. The Morgan fingerprint density at radius 3 is 2.00 bits per heavy atom. The quantitative estimate of drug-likeness (QED) is 0.350. The van der Waals surface area contributed by atoms with Gasteiger partial charge in [-0.3, -0.25) is 4.79 Å². The molecule has 2 aliphatic carbocycles. The van der Waals surface area contributed by atoms with E-state index >= 15 is 0 Å². The van der Waals surface area contributed by atoms with Gasteiger partial charge in [0.1, 0.15) is 0 Å². The SMILES string of the molecule is CCCC(=O)/C(=C/O)Cc1ccc(C2(c3cc4c(cc3C)C(C)(C)CCC4(C)C)CC2)cc1. The number of carbonyl (C=O) groups is 1. The molecule has 0 heterocycles. The molecule has 1 N–H and O–H groups in total. The van der Waals surface area contributed by atoms with Crippen LogP contribution in [0.25, 0.3) is 0 Å². The van der Waals surface area contributed by atoms with E-state index in [2.05, 4.69) is 71.0 Å². The molecule has 0 atom stereocenters. The van der Waals surface area contributed by atoms with Gasteiger partial charge in [0.15, 0.2) is 5.78 Å². The summed E-state index contributed by atoms with van der Waals surface area (Å²) in [6.07, 6.45) is 7.61. The van der Waals surface area contributed by atoms with E-state index in [1.165, 1.54) is 53.5 Å². The number of carbonyl (C=O) groups excluding carboxylic acids is 1. The maximum atomic E-state index is 12.2. The summed E-state index contributed by atoms with van der Waals surface area (Å²) in [4.78, 5) is 12.2. The number of benzene rings is 2. The number of fused-ring (bicyclic) bond motifs is 1. The van der Waals surface area contributed by atoms with E-state index in [4.69, 9.17) is 0 Å². The van der Waals surface area contributed by atoms with E-state index in [0.717, 1.165) is 18.2 Å². The van der Waals surface area contributed by atoms with Gasteiger partial charge in [0.2, 0.25) is 0 Å². The topological polar surface area (TPSA) is 37.3 Å². The number of rotatable bonds is 7. The highest BCUT2D eigenvalue weighted by Crippen LogP contribution is 2.56. The van der Waals surface area contributed by atoms with Crippen molar-refractivity contribution >= 4 is 5.78 Å². The predicted octanol–water partition coefficient (Wildman–Crippen LogP) is 7.78. The molecule has 4 rings (SSSR count). The first kappa shape index (κ1) is 23.8. The highest BCUT2D eigenvalue weighted by Gasteiger charge is 2.48. The van der Waals surface area contributed by atoms with Gasteiger partial charge in [0, 0.05) is 23.8 Å². The van der Waals surface area contributed by atoms with Crippen LogP contribution in [0.5, 0.6) is 0 Å². The maximum Gasteiger partial charge on any atom is 0.162 e. The lowest BCUT2D eigenvalue weighted by Crippen LogP contribution is -2.34. The zero-order valence-corrected chi connectivity index (χ0v) is 21.3. The van der Waals surface area contributed by atoms with Gasteiger partial charge in [-0.2, -0.15) is 0 Å². The Morgan fingerprint density at radius 2 is 1.48 bits per heavy atom. The number of hydrogen-bond donors (Lipinski definition) is 1. The lowest BCUT2D eigenvalue weighted by molar-refractivity contribution is -0.115. The Hall–Kier alpha value is -2.35. The van der Waals surface area contributed by atoms with Gasteiger partial charge in [-0.1, -0.05) is 71.0 Å². The van der Waals surface area contributed by atoms with Gasteiger partial charge in [-0.25, -0.2) is 0 Å². The molecule has 0 saturated heterocycles. The summed E-state index contributed by atoms with van der Waals surface area (Å²) in [6, 6.07) is 13.8. The first-order chi connectivity index (χ1) is 15.5. The van der Waals surface area contributed by atoms with Crippen molar-refractivity contribution in [3.05, 3.63) is 81.6 Å². The molecule has 176 valence electrons. The summed E-state index contributed by atoms with van der Waals surface area (Å²) in [5.41, 5.74) is 9.49. The summed E-state index contributed by atoms with van der Waals surface area (Å²) in [7, 11) is 0. The third kappa shape index (κ3) is 4.29. The summed E-state index contributed by atoms with van der Waals surface area (Å²) in [5.74, 6) is 0.0398. The minimum atomic E-state index is 0.0398. The van der Waals surface area contributed by atoms with E-state index in [9.17, 15) is 9.90 Å².